The summed E-state index contributed by atoms with van der Waals surface area (Å²) in [5.74, 6) is -1.68. The SMILES string of the molecule is Cl.NC(c1ccccc1F)C(S)C(=O)O. The zero-order valence-electron chi connectivity index (χ0n) is 7.63. The van der Waals surface area contributed by atoms with E-state index in [-0.39, 0.29) is 18.0 Å². The fourth-order valence-electron chi connectivity index (χ4n) is 1.07. The molecule has 3 nitrogen and oxygen atoms in total. The van der Waals surface area contributed by atoms with Crippen LogP contribution in [0.2, 0.25) is 0 Å². The van der Waals surface area contributed by atoms with E-state index in [4.69, 9.17) is 10.8 Å². The van der Waals surface area contributed by atoms with Crippen LogP contribution in [-0.4, -0.2) is 16.3 Å². The molecule has 15 heavy (non-hydrogen) atoms. The van der Waals surface area contributed by atoms with Crippen molar-refractivity contribution in [1.29, 1.82) is 0 Å². The summed E-state index contributed by atoms with van der Waals surface area (Å²) in [6, 6.07) is 4.85. The minimum Gasteiger partial charge on any atom is -0.480 e. The summed E-state index contributed by atoms with van der Waals surface area (Å²) in [6.07, 6.45) is 0. The summed E-state index contributed by atoms with van der Waals surface area (Å²) in [6.45, 7) is 0. The van der Waals surface area contributed by atoms with Crippen molar-refractivity contribution < 1.29 is 14.3 Å². The van der Waals surface area contributed by atoms with Gasteiger partial charge in [0.05, 0.1) is 6.04 Å². The second-order valence-electron chi connectivity index (χ2n) is 2.83. The van der Waals surface area contributed by atoms with E-state index in [1.165, 1.54) is 18.2 Å². The lowest BCUT2D eigenvalue weighted by Gasteiger charge is -2.15. The molecule has 0 spiro atoms. The Kier molecular flexibility index (Phi) is 5.64. The second kappa shape index (κ2) is 5.95. The first kappa shape index (κ1) is 14.2. The van der Waals surface area contributed by atoms with E-state index in [0.717, 1.165) is 0 Å². The van der Waals surface area contributed by atoms with E-state index < -0.39 is 23.1 Å². The molecule has 0 radical (unpaired) electrons. The third kappa shape index (κ3) is 3.37. The molecule has 1 rings (SSSR count). The lowest BCUT2D eigenvalue weighted by Crippen LogP contribution is -2.29. The van der Waals surface area contributed by atoms with Gasteiger partial charge < -0.3 is 10.8 Å². The third-order valence-electron chi connectivity index (χ3n) is 1.86. The van der Waals surface area contributed by atoms with Crippen molar-refractivity contribution in [3.8, 4) is 0 Å². The Balaban J connectivity index is 0.00000196. The summed E-state index contributed by atoms with van der Waals surface area (Å²) in [7, 11) is 0. The molecule has 0 heterocycles. The number of nitrogens with two attached hydrogens (primary N) is 1. The molecule has 0 fully saturated rings. The predicted octanol–water partition coefficient (Wildman–Crippen LogP) is 1.63. The number of thiol groups is 1. The van der Waals surface area contributed by atoms with Gasteiger partial charge in [-0.25, -0.2) is 4.39 Å². The number of halogens is 2. The van der Waals surface area contributed by atoms with E-state index in [0.29, 0.717) is 0 Å². The average molecular weight is 252 g/mol. The quantitative estimate of drug-likeness (QED) is 0.716. The van der Waals surface area contributed by atoms with Gasteiger partial charge in [0, 0.05) is 5.56 Å². The molecule has 2 unspecified atom stereocenters. The normalized spacial score (nSPS) is 13.8. The summed E-state index contributed by atoms with van der Waals surface area (Å²) >= 11 is 3.79. The average Bonchev–Trinajstić information content (AvgIpc) is 2.16. The largest absolute Gasteiger partial charge is 0.480 e. The van der Waals surface area contributed by atoms with Crippen LogP contribution >= 0.6 is 25.0 Å². The van der Waals surface area contributed by atoms with Crippen LogP contribution in [0.25, 0.3) is 0 Å². The second-order valence-corrected chi connectivity index (χ2v) is 3.39. The molecule has 0 bridgehead atoms. The van der Waals surface area contributed by atoms with Crippen LogP contribution < -0.4 is 5.73 Å². The minimum absolute atomic E-state index is 0. The smallest absolute Gasteiger partial charge is 0.318 e. The lowest BCUT2D eigenvalue weighted by atomic mass is 10.0. The molecule has 0 aromatic heterocycles. The summed E-state index contributed by atoms with van der Waals surface area (Å²) < 4.78 is 13.2. The maximum Gasteiger partial charge on any atom is 0.318 e. The molecule has 0 saturated carbocycles. The summed E-state index contributed by atoms with van der Waals surface area (Å²) in [5, 5.41) is 7.52. The molecule has 2 atom stereocenters. The van der Waals surface area contributed by atoms with Gasteiger partial charge >= 0.3 is 5.97 Å². The monoisotopic (exact) mass is 251 g/mol. The van der Waals surface area contributed by atoms with E-state index in [1.807, 2.05) is 0 Å². The standard InChI is InChI=1S/C9H10FNO2S.ClH/c10-6-4-2-1-3-5(6)7(11)8(14)9(12)13;/h1-4,7-8,14H,11H2,(H,12,13);1H. The highest BCUT2D eigenvalue weighted by Crippen LogP contribution is 2.20. The number of carboxylic acids is 1. The van der Waals surface area contributed by atoms with Crippen molar-refractivity contribution in [2.75, 3.05) is 0 Å². The predicted molar refractivity (Wildman–Crippen MR) is 61.0 cm³/mol. The van der Waals surface area contributed by atoms with Crippen LogP contribution in [0.3, 0.4) is 0 Å². The molecule has 0 amide bonds. The zero-order valence-corrected chi connectivity index (χ0v) is 9.34. The highest BCUT2D eigenvalue weighted by Gasteiger charge is 2.24. The van der Waals surface area contributed by atoms with Gasteiger partial charge in [0.25, 0.3) is 0 Å². The first-order valence-electron chi connectivity index (χ1n) is 3.95. The Morgan fingerprint density at radius 3 is 2.47 bits per heavy atom. The molecule has 0 saturated heterocycles. The van der Waals surface area contributed by atoms with Gasteiger partial charge in [0.2, 0.25) is 0 Å². The van der Waals surface area contributed by atoms with Crippen molar-refractivity contribution in [2.45, 2.75) is 11.3 Å². The van der Waals surface area contributed by atoms with E-state index in [9.17, 15) is 9.18 Å². The van der Waals surface area contributed by atoms with E-state index >= 15 is 0 Å². The van der Waals surface area contributed by atoms with Gasteiger partial charge in [0.15, 0.2) is 0 Å². The van der Waals surface area contributed by atoms with E-state index in [1.54, 1.807) is 6.07 Å². The molecular formula is C9H11ClFNO2S. The number of aliphatic carboxylic acids is 1. The van der Waals surface area contributed by atoms with Crippen molar-refractivity contribution in [2.24, 2.45) is 5.73 Å². The third-order valence-corrected chi connectivity index (χ3v) is 2.40. The Morgan fingerprint density at radius 2 is 2.00 bits per heavy atom. The number of hydrogen-bond donors (Lipinski definition) is 3. The van der Waals surface area contributed by atoms with Crippen LogP contribution in [0.1, 0.15) is 11.6 Å². The molecule has 1 aromatic rings. The fourth-order valence-corrected chi connectivity index (χ4v) is 1.23. The molecule has 0 aliphatic carbocycles. The van der Waals surface area contributed by atoms with Crippen molar-refractivity contribution >= 4 is 31.0 Å². The van der Waals surface area contributed by atoms with Crippen molar-refractivity contribution in [3.63, 3.8) is 0 Å². The van der Waals surface area contributed by atoms with Crippen LogP contribution in [0.15, 0.2) is 24.3 Å². The molecular weight excluding hydrogens is 241 g/mol. The van der Waals surface area contributed by atoms with Gasteiger partial charge in [-0.3, -0.25) is 4.79 Å². The lowest BCUT2D eigenvalue weighted by molar-refractivity contribution is -0.136. The number of hydrogen-bond acceptors (Lipinski definition) is 3. The van der Waals surface area contributed by atoms with E-state index in [2.05, 4.69) is 12.6 Å². The molecule has 1 aromatic carbocycles. The van der Waals surface area contributed by atoms with Gasteiger partial charge in [0.1, 0.15) is 11.1 Å². The number of carbonyl (C=O) groups is 1. The molecule has 0 aliphatic rings. The Bertz CT molecular complexity index is 351. The minimum atomic E-state index is -1.16. The van der Waals surface area contributed by atoms with Gasteiger partial charge in [-0.15, -0.1) is 12.4 Å². The first-order valence-corrected chi connectivity index (χ1v) is 4.46. The Morgan fingerprint density at radius 1 is 1.47 bits per heavy atom. The molecule has 3 N–H and O–H groups in total. The Hall–Kier alpha value is -0.780. The van der Waals surface area contributed by atoms with Crippen LogP contribution in [0, 0.1) is 5.82 Å². The topological polar surface area (TPSA) is 63.3 Å². The fraction of sp³-hybridized carbons (Fsp3) is 0.222. The zero-order chi connectivity index (χ0) is 10.7. The van der Waals surface area contributed by atoms with Crippen LogP contribution in [-0.2, 0) is 4.79 Å². The van der Waals surface area contributed by atoms with Gasteiger partial charge in [-0.2, -0.15) is 12.6 Å². The maximum absolute atomic E-state index is 13.2. The number of benzene rings is 1. The highest BCUT2D eigenvalue weighted by molar-refractivity contribution is 7.81. The maximum atomic E-state index is 13.2. The molecule has 0 aliphatic heterocycles. The van der Waals surface area contributed by atoms with Crippen LogP contribution in [0.5, 0.6) is 0 Å². The highest BCUT2D eigenvalue weighted by atomic mass is 35.5. The van der Waals surface area contributed by atoms with Crippen LogP contribution in [0.4, 0.5) is 4.39 Å². The molecule has 6 heteroatoms. The summed E-state index contributed by atoms with van der Waals surface area (Å²) in [4.78, 5) is 10.5. The van der Waals surface area contributed by atoms with Gasteiger partial charge in [-0.1, -0.05) is 18.2 Å². The van der Waals surface area contributed by atoms with Crippen molar-refractivity contribution in [1.82, 2.24) is 0 Å². The number of carboxylic acid groups (broad SMARTS) is 1. The molecule has 84 valence electrons. The Labute approximate surface area is 98.3 Å². The van der Waals surface area contributed by atoms with Crippen molar-refractivity contribution in [3.05, 3.63) is 35.6 Å². The van der Waals surface area contributed by atoms with Gasteiger partial charge in [-0.05, 0) is 6.07 Å². The summed E-state index contributed by atoms with van der Waals surface area (Å²) in [5.41, 5.74) is 5.70. The number of rotatable bonds is 3. The first-order chi connectivity index (χ1) is 6.54.